The van der Waals surface area contributed by atoms with E-state index in [0.717, 1.165) is 33.6 Å². The summed E-state index contributed by atoms with van der Waals surface area (Å²) in [6, 6.07) is 31.8. The van der Waals surface area contributed by atoms with Crippen LogP contribution in [0.2, 0.25) is 0 Å². The molecule has 0 saturated carbocycles. The van der Waals surface area contributed by atoms with E-state index >= 15 is 0 Å². The van der Waals surface area contributed by atoms with Crippen molar-refractivity contribution >= 4 is 23.4 Å². The summed E-state index contributed by atoms with van der Waals surface area (Å²) in [5, 5.41) is 13.3. The minimum Gasteiger partial charge on any atom is -0.325 e. The Hall–Kier alpha value is -3.88. The van der Waals surface area contributed by atoms with Gasteiger partial charge in [0.25, 0.3) is 0 Å². The standard InChI is InChI=1S/C29H25N3OS/c1-3-27(28(33)31-23-16-10-11-20(2)17-23)34-29-25(19-30)24(21-12-6-4-7-13-21)18-26(32-29)22-14-8-5-9-15-22/h4-18,27H,3H2,1-2H3,(H,31,33). The monoisotopic (exact) mass is 463 g/mol. The second-order valence-corrected chi connectivity index (χ2v) is 9.14. The van der Waals surface area contributed by atoms with Gasteiger partial charge in [-0.15, -0.1) is 0 Å². The van der Waals surface area contributed by atoms with Gasteiger partial charge < -0.3 is 5.32 Å². The summed E-state index contributed by atoms with van der Waals surface area (Å²) >= 11 is 1.34. The van der Waals surface area contributed by atoms with Gasteiger partial charge in [0, 0.05) is 16.8 Å². The van der Waals surface area contributed by atoms with E-state index in [-0.39, 0.29) is 5.91 Å². The lowest BCUT2D eigenvalue weighted by atomic mass is 9.99. The number of aryl methyl sites for hydroxylation is 1. The number of hydrogen-bond donors (Lipinski definition) is 1. The van der Waals surface area contributed by atoms with E-state index in [4.69, 9.17) is 4.98 Å². The molecule has 0 saturated heterocycles. The second kappa shape index (κ2) is 10.8. The molecule has 1 N–H and O–H groups in total. The van der Waals surface area contributed by atoms with Crippen LogP contribution in [0, 0.1) is 18.3 Å². The normalized spacial score (nSPS) is 11.4. The lowest BCUT2D eigenvalue weighted by Crippen LogP contribution is -2.25. The number of nitrogens with one attached hydrogen (secondary N) is 1. The van der Waals surface area contributed by atoms with Gasteiger partial charge in [0.05, 0.1) is 16.5 Å². The molecule has 0 bridgehead atoms. The van der Waals surface area contributed by atoms with Gasteiger partial charge in [-0.1, -0.05) is 91.5 Å². The summed E-state index contributed by atoms with van der Waals surface area (Å²) in [5.74, 6) is -0.102. The van der Waals surface area contributed by atoms with Crippen LogP contribution in [0.5, 0.6) is 0 Å². The summed E-state index contributed by atoms with van der Waals surface area (Å²) < 4.78 is 0. The van der Waals surface area contributed by atoms with Crippen molar-refractivity contribution in [3.8, 4) is 28.5 Å². The predicted octanol–water partition coefficient (Wildman–Crippen LogP) is 7.11. The number of carbonyl (C=O) groups excluding carboxylic acids is 1. The van der Waals surface area contributed by atoms with Crippen molar-refractivity contribution in [2.75, 3.05) is 5.32 Å². The number of carbonyl (C=O) groups is 1. The highest BCUT2D eigenvalue weighted by Gasteiger charge is 2.23. The lowest BCUT2D eigenvalue weighted by molar-refractivity contribution is -0.115. The molecule has 1 heterocycles. The van der Waals surface area contributed by atoms with Crippen LogP contribution in [0.25, 0.3) is 22.4 Å². The Kier molecular flexibility index (Phi) is 7.41. The predicted molar refractivity (Wildman–Crippen MR) is 140 cm³/mol. The molecule has 0 radical (unpaired) electrons. The third-order valence-electron chi connectivity index (χ3n) is 5.46. The van der Waals surface area contributed by atoms with E-state index in [0.29, 0.717) is 17.0 Å². The number of nitriles is 1. The molecule has 1 unspecified atom stereocenters. The van der Waals surface area contributed by atoms with Crippen molar-refractivity contribution in [1.82, 2.24) is 4.98 Å². The SMILES string of the molecule is CCC(Sc1nc(-c2ccccc2)cc(-c2ccccc2)c1C#N)C(=O)Nc1cccc(C)c1. The third-order valence-corrected chi connectivity index (χ3v) is 6.81. The zero-order valence-electron chi connectivity index (χ0n) is 19.2. The van der Waals surface area contributed by atoms with Gasteiger partial charge >= 0.3 is 0 Å². The molecule has 3 aromatic carbocycles. The van der Waals surface area contributed by atoms with E-state index in [1.807, 2.05) is 105 Å². The summed E-state index contributed by atoms with van der Waals surface area (Å²) in [7, 11) is 0. The fourth-order valence-electron chi connectivity index (χ4n) is 3.72. The molecule has 168 valence electrons. The Morgan fingerprint density at radius 1 is 0.971 bits per heavy atom. The van der Waals surface area contributed by atoms with Crippen molar-refractivity contribution in [3.05, 3.63) is 102 Å². The van der Waals surface area contributed by atoms with Crippen LogP contribution in [0.4, 0.5) is 5.69 Å². The van der Waals surface area contributed by atoms with E-state index in [1.165, 1.54) is 11.8 Å². The fourth-order valence-corrected chi connectivity index (χ4v) is 4.75. The molecule has 1 amide bonds. The maximum atomic E-state index is 13.1. The average Bonchev–Trinajstić information content (AvgIpc) is 2.87. The van der Waals surface area contributed by atoms with Gasteiger partial charge in [-0.25, -0.2) is 4.98 Å². The van der Waals surface area contributed by atoms with Crippen LogP contribution in [0.3, 0.4) is 0 Å². The third kappa shape index (κ3) is 5.36. The smallest absolute Gasteiger partial charge is 0.237 e. The maximum absolute atomic E-state index is 13.1. The molecule has 4 rings (SSSR count). The first-order valence-corrected chi connectivity index (χ1v) is 12.1. The Morgan fingerprint density at radius 3 is 2.26 bits per heavy atom. The van der Waals surface area contributed by atoms with Crippen LogP contribution >= 0.6 is 11.8 Å². The van der Waals surface area contributed by atoms with Crippen molar-refractivity contribution in [2.45, 2.75) is 30.5 Å². The van der Waals surface area contributed by atoms with Crippen molar-refractivity contribution < 1.29 is 4.79 Å². The van der Waals surface area contributed by atoms with E-state index in [9.17, 15) is 10.1 Å². The van der Waals surface area contributed by atoms with Gasteiger partial charge in [-0.2, -0.15) is 5.26 Å². The van der Waals surface area contributed by atoms with Crippen molar-refractivity contribution in [2.24, 2.45) is 0 Å². The van der Waals surface area contributed by atoms with Crippen molar-refractivity contribution in [1.29, 1.82) is 5.26 Å². The molecule has 4 aromatic rings. The molecule has 0 aliphatic carbocycles. The number of nitrogens with zero attached hydrogens (tertiary/aromatic N) is 2. The van der Waals surface area contributed by atoms with E-state index < -0.39 is 5.25 Å². The number of rotatable bonds is 7. The molecule has 4 nitrogen and oxygen atoms in total. The summed E-state index contributed by atoms with van der Waals surface area (Å²) in [5.41, 5.74) is 5.82. The molecular formula is C29H25N3OS. The molecule has 5 heteroatoms. The second-order valence-electron chi connectivity index (χ2n) is 7.95. The first kappa shape index (κ1) is 23.3. The molecule has 0 aliphatic rings. The number of hydrogen-bond acceptors (Lipinski definition) is 4. The molecule has 1 aromatic heterocycles. The molecule has 0 spiro atoms. The molecular weight excluding hydrogens is 438 g/mol. The maximum Gasteiger partial charge on any atom is 0.237 e. The number of thioether (sulfide) groups is 1. The highest BCUT2D eigenvalue weighted by atomic mass is 32.2. The van der Waals surface area contributed by atoms with E-state index in [1.54, 1.807) is 0 Å². The van der Waals surface area contributed by atoms with Crippen LogP contribution in [0.15, 0.2) is 96.0 Å². The number of anilines is 1. The largest absolute Gasteiger partial charge is 0.325 e. The Bertz CT molecular complexity index is 1330. The van der Waals surface area contributed by atoms with Crippen LogP contribution in [0.1, 0.15) is 24.5 Å². The minimum absolute atomic E-state index is 0.102. The van der Waals surface area contributed by atoms with Crippen LogP contribution in [-0.2, 0) is 4.79 Å². The average molecular weight is 464 g/mol. The van der Waals surface area contributed by atoms with Crippen LogP contribution in [-0.4, -0.2) is 16.1 Å². The Morgan fingerprint density at radius 2 is 1.65 bits per heavy atom. The number of aromatic nitrogens is 1. The first-order chi connectivity index (χ1) is 16.6. The topological polar surface area (TPSA) is 65.8 Å². The lowest BCUT2D eigenvalue weighted by Gasteiger charge is -2.17. The highest BCUT2D eigenvalue weighted by Crippen LogP contribution is 2.36. The van der Waals surface area contributed by atoms with Gasteiger partial charge in [-0.05, 0) is 42.7 Å². The summed E-state index contributed by atoms with van der Waals surface area (Å²) in [4.78, 5) is 18.0. The number of pyridine rings is 1. The van der Waals surface area contributed by atoms with Crippen molar-refractivity contribution in [3.63, 3.8) is 0 Å². The molecule has 1 atom stereocenters. The molecule has 34 heavy (non-hydrogen) atoms. The summed E-state index contributed by atoms with van der Waals surface area (Å²) in [6.07, 6.45) is 0.602. The van der Waals surface area contributed by atoms with Gasteiger partial charge in [0.2, 0.25) is 5.91 Å². The zero-order chi connectivity index (χ0) is 23.9. The number of amides is 1. The fraction of sp³-hybridized carbons (Fsp3) is 0.138. The quantitative estimate of drug-likeness (QED) is 0.297. The van der Waals surface area contributed by atoms with Gasteiger partial charge in [0.15, 0.2) is 0 Å². The van der Waals surface area contributed by atoms with Gasteiger partial charge in [-0.3, -0.25) is 4.79 Å². The summed E-state index contributed by atoms with van der Waals surface area (Å²) in [6.45, 7) is 3.96. The first-order valence-electron chi connectivity index (χ1n) is 11.2. The highest BCUT2D eigenvalue weighted by molar-refractivity contribution is 8.00. The van der Waals surface area contributed by atoms with E-state index in [2.05, 4.69) is 11.4 Å². The molecule has 0 aliphatic heterocycles. The zero-order valence-corrected chi connectivity index (χ0v) is 20.0. The Balaban J connectivity index is 1.74. The Labute approximate surface area is 204 Å². The molecule has 0 fully saturated rings. The minimum atomic E-state index is -0.394. The number of benzene rings is 3. The van der Waals surface area contributed by atoms with Crippen LogP contribution < -0.4 is 5.32 Å². The van der Waals surface area contributed by atoms with Gasteiger partial charge in [0.1, 0.15) is 11.1 Å².